The van der Waals surface area contributed by atoms with E-state index < -0.39 is 5.91 Å². The van der Waals surface area contributed by atoms with Crippen LogP contribution in [0.1, 0.15) is 21.5 Å². The van der Waals surface area contributed by atoms with Crippen molar-refractivity contribution >= 4 is 40.2 Å². The Kier molecular flexibility index (Phi) is 4.90. The highest BCUT2D eigenvalue weighted by Crippen LogP contribution is 2.25. The van der Waals surface area contributed by atoms with Gasteiger partial charge in [0.05, 0.1) is 11.9 Å². The lowest BCUT2D eigenvalue weighted by atomic mass is 10.0. The minimum atomic E-state index is -0.521. The molecular formula is C23H18N4O2. The van der Waals surface area contributed by atoms with Gasteiger partial charge in [-0.1, -0.05) is 48.5 Å². The molecule has 6 nitrogen and oxygen atoms in total. The van der Waals surface area contributed by atoms with Crippen molar-refractivity contribution in [3.05, 3.63) is 95.8 Å². The number of benzene rings is 2. The summed E-state index contributed by atoms with van der Waals surface area (Å²) >= 11 is 0. The SMILES string of the molecule is NC(=O)/C(=C\c1c[nH]c2ncc(NC(=O)c3ccccc3)cc12)c1ccccc1. The van der Waals surface area contributed by atoms with E-state index in [0.717, 1.165) is 16.5 Å². The van der Waals surface area contributed by atoms with Crippen LogP contribution in [0.2, 0.25) is 0 Å². The number of hydrogen-bond donors (Lipinski definition) is 3. The molecule has 0 aliphatic carbocycles. The molecule has 2 amide bonds. The number of nitrogens with one attached hydrogen (secondary N) is 2. The minimum Gasteiger partial charge on any atom is -0.366 e. The predicted octanol–water partition coefficient (Wildman–Crippen LogP) is 3.84. The van der Waals surface area contributed by atoms with Crippen LogP contribution < -0.4 is 11.1 Å². The second-order valence-electron chi connectivity index (χ2n) is 6.47. The molecule has 4 rings (SSSR count). The Balaban J connectivity index is 1.70. The molecule has 4 N–H and O–H groups in total. The van der Waals surface area contributed by atoms with Crippen LogP contribution in [-0.4, -0.2) is 21.8 Å². The summed E-state index contributed by atoms with van der Waals surface area (Å²) in [5, 5.41) is 3.62. The van der Waals surface area contributed by atoms with Crippen LogP contribution in [0, 0.1) is 0 Å². The average Bonchev–Trinajstić information content (AvgIpc) is 3.15. The molecule has 0 radical (unpaired) electrons. The fraction of sp³-hybridized carbons (Fsp3) is 0. The van der Waals surface area contributed by atoms with Gasteiger partial charge in [-0.3, -0.25) is 9.59 Å². The monoisotopic (exact) mass is 382 g/mol. The van der Waals surface area contributed by atoms with Crippen molar-refractivity contribution in [3.63, 3.8) is 0 Å². The number of primary amides is 1. The molecule has 6 heteroatoms. The number of anilines is 1. The lowest BCUT2D eigenvalue weighted by Gasteiger charge is -2.06. The molecular weight excluding hydrogens is 364 g/mol. The number of amides is 2. The molecule has 0 aliphatic rings. The zero-order chi connectivity index (χ0) is 20.2. The summed E-state index contributed by atoms with van der Waals surface area (Å²) in [5.41, 5.74) is 9.23. The maximum Gasteiger partial charge on any atom is 0.255 e. The Labute approximate surface area is 167 Å². The van der Waals surface area contributed by atoms with Crippen molar-refractivity contribution < 1.29 is 9.59 Å². The summed E-state index contributed by atoms with van der Waals surface area (Å²) in [6.45, 7) is 0. The van der Waals surface area contributed by atoms with Gasteiger partial charge in [-0.2, -0.15) is 0 Å². The van der Waals surface area contributed by atoms with Crippen LogP contribution >= 0.6 is 0 Å². The number of nitrogens with two attached hydrogens (primary N) is 1. The lowest BCUT2D eigenvalue weighted by molar-refractivity contribution is -0.112. The van der Waals surface area contributed by atoms with Gasteiger partial charge in [0.1, 0.15) is 5.65 Å². The lowest BCUT2D eigenvalue weighted by Crippen LogP contribution is -2.12. The van der Waals surface area contributed by atoms with Gasteiger partial charge in [-0.25, -0.2) is 4.98 Å². The second-order valence-corrected chi connectivity index (χ2v) is 6.47. The zero-order valence-electron chi connectivity index (χ0n) is 15.4. The number of aromatic nitrogens is 2. The van der Waals surface area contributed by atoms with Gasteiger partial charge in [-0.05, 0) is 29.8 Å². The summed E-state index contributed by atoms with van der Waals surface area (Å²) in [6.07, 6.45) is 5.06. The van der Waals surface area contributed by atoms with E-state index >= 15 is 0 Å². The molecule has 2 heterocycles. The molecule has 0 spiro atoms. The zero-order valence-corrected chi connectivity index (χ0v) is 15.4. The topological polar surface area (TPSA) is 101 Å². The molecule has 0 bridgehead atoms. The first-order chi connectivity index (χ1) is 14.1. The maximum atomic E-state index is 12.4. The Bertz CT molecular complexity index is 1210. The van der Waals surface area contributed by atoms with Gasteiger partial charge >= 0.3 is 0 Å². The molecule has 29 heavy (non-hydrogen) atoms. The van der Waals surface area contributed by atoms with Crippen molar-refractivity contribution in [3.8, 4) is 0 Å². The average molecular weight is 382 g/mol. The summed E-state index contributed by atoms with van der Waals surface area (Å²) in [4.78, 5) is 31.8. The van der Waals surface area contributed by atoms with Crippen LogP contribution in [0.4, 0.5) is 5.69 Å². The van der Waals surface area contributed by atoms with Crippen LogP contribution in [0.5, 0.6) is 0 Å². The van der Waals surface area contributed by atoms with Gasteiger partial charge in [0.15, 0.2) is 0 Å². The van der Waals surface area contributed by atoms with E-state index in [1.165, 1.54) is 0 Å². The van der Waals surface area contributed by atoms with Crippen LogP contribution in [-0.2, 0) is 4.79 Å². The number of carbonyl (C=O) groups is 2. The molecule has 0 saturated carbocycles. The fourth-order valence-corrected chi connectivity index (χ4v) is 3.07. The normalized spacial score (nSPS) is 11.4. The van der Waals surface area contributed by atoms with Gasteiger partial charge in [-0.15, -0.1) is 0 Å². The van der Waals surface area contributed by atoms with Gasteiger partial charge < -0.3 is 16.0 Å². The summed E-state index contributed by atoms with van der Waals surface area (Å²) in [7, 11) is 0. The Morgan fingerprint density at radius 2 is 1.62 bits per heavy atom. The van der Waals surface area contributed by atoms with Gasteiger partial charge in [0, 0.05) is 28.3 Å². The highest BCUT2D eigenvalue weighted by atomic mass is 16.2. The summed E-state index contributed by atoms with van der Waals surface area (Å²) in [5.74, 6) is -0.742. The van der Waals surface area contributed by atoms with Crippen LogP contribution in [0.25, 0.3) is 22.7 Å². The first-order valence-electron chi connectivity index (χ1n) is 9.02. The number of carbonyl (C=O) groups excluding carboxylic acids is 2. The Morgan fingerprint density at radius 1 is 0.966 bits per heavy atom. The van der Waals surface area contributed by atoms with Crippen molar-refractivity contribution in [2.75, 3.05) is 5.32 Å². The number of H-pyrrole nitrogens is 1. The second kappa shape index (κ2) is 7.82. The van der Waals surface area contributed by atoms with Crippen molar-refractivity contribution in [1.29, 1.82) is 0 Å². The molecule has 2 aromatic heterocycles. The number of pyridine rings is 1. The third-order valence-corrected chi connectivity index (χ3v) is 4.51. The first-order valence-corrected chi connectivity index (χ1v) is 9.02. The van der Waals surface area contributed by atoms with E-state index in [1.807, 2.05) is 42.5 Å². The number of fused-ring (bicyclic) bond motifs is 1. The van der Waals surface area contributed by atoms with E-state index in [9.17, 15) is 9.59 Å². The predicted molar refractivity (Wildman–Crippen MR) is 114 cm³/mol. The number of aromatic amines is 1. The van der Waals surface area contributed by atoms with Crippen molar-refractivity contribution in [2.45, 2.75) is 0 Å². The van der Waals surface area contributed by atoms with Crippen LogP contribution in [0.3, 0.4) is 0 Å². The highest BCUT2D eigenvalue weighted by Gasteiger charge is 2.12. The molecule has 4 aromatic rings. The number of hydrogen-bond acceptors (Lipinski definition) is 3. The Hall–Kier alpha value is -4.19. The van der Waals surface area contributed by atoms with E-state index in [1.54, 1.807) is 42.7 Å². The minimum absolute atomic E-state index is 0.221. The van der Waals surface area contributed by atoms with Gasteiger partial charge in [0.25, 0.3) is 5.91 Å². The summed E-state index contributed by atoms with van der Waals surface area (Å²) < 4.78 is 0. The number of rotatable bonds is 5. The smallest absolute Gasteiger partial charge is 0.255 e. The van der Waals surface area contributed by atoms with Crippen molar-refractivity contribution in [1.82, 2.24) is 9.97 Å². The first kappa shape index (κ1) is 18.2. The molecule has 0 saturated heterocycles. The van der Waals surface area contributed by atoms with Crippen molar-refractivity contribution in [2.24, 2.45) is 5.73 Å². The molecule has 0 fully saturated rings. The van der Waals surface area contributed by atoms with Crippen LogP contribution in [0.15, 0.2) is 79.1 Å². The largest absolute Gasteiger partial charge is 0.366 e. The quantitative estimate of drug-likeness (QED) is 0.457. The van der Waals surface area contributed by atoms with E-state index in [2.05, 4.69) is 15.3 Å². The van der Waals surface area contributed by atoms with E-state index in [0.29, 0.717) is 22.5 Å². The van der Waals surface area contributed by atoms with Gasteiger partial charge in [0.2, 0.25) is 5.91 Å². The third kappa shape index (κ3) is 3.91. The fourth-order valence-electron chi connectivity index (χ4n) is 3.07. The molecule has 0 atom stereocenters. The highest BCUT2D eigenvalue weighted by molar-refractivity contribution is 6.24. The Morgan fingerprint density at radius 3 is 2.28 bits per heavy atom. The molecule has 0 unspecified atom stereocenters. The third-order valence-electron chi connectivity index (χ3n) is 4.51. The summed E-state index contributed by atoms with van der Waals surface area (Å²) in [6, 6.07) is 20.0. The molecule has 2 aromatic carbocycles. The molecule has 0 aliphatic heterocycles. The molecule has 142 valence electrons. The number of nitrogens with zero attached hydrogens (tertiary/aromatic N) is 1. The van der Waals surface area contributed by atoms with E-state index in [4.69, 9.17) is 5.73 Å². The van der Waals surface area contributed by atoms with E-state index in [-0.39, 0.29) is 5.91 Å². The standard InChI is InChI=1S/C23H18N4O2/c24-21(28)19(15-7-3-1-4-8-15)11-17-13-25-22-20(17)12-18(14-26-22)27-23(29)16-9-5-2-6-10-16/h1-14H,(H2,24,28)(H,25,26)(H,27,29)/b19-11-. The maximum absolute atomic E-state index is 12.4.